The maximum absolute atomic E-state index is 13.1. The molecule has 0 aliphatic carbocycles. The van der Waals surface area contributed by atoms with E-state index in [1.54, 1.807) is 4.90 Å². The van der Waals surface area contributed by atoms with E-state index in [2.05, 4.69) is 9.97 Å². The van der Waals surface area contributed by atoms with Gasteiger partial charge in [-0.1, -0.05) is 12.1 Å². The second kappa shape index (κ2) is 9.80. The van der Waals surface area contributed by atoms with Crippen LogP contribution in [0.3, 0.4) is 0 Å². The Kier molecular flexibility index (Phi) is 7.01. The van der Waals surface area contributed by atoms with E-state index in [1.807, 2.05) is 0 Å². The summed E-state index contributed by atoms with van der Waals surface area (Å²) in [4.78, 5) is 23.9. The normalized spacial score (nSPS) is 15.1. The van der Waals surface area contributed by atoms with Gasteiger partial charge < -0.3 is 9.80 Å². The van der Waals surface area contributed by atoms with Gasteiger partial charge in [0.05, 0.1) is 22.4 Å². The van der Waals surface area contributed by atoms with Gasteiger partial charge >= 0.3 is 18.5 Å². The lowest BCUT2D eigenvalue weighted by atomic mass is 10.0. The van der Waals surface area contributed by atoms with Crippen LogP contribution in [-0.4, -0.2) is 47.0 Å². The molecule has 38 heavy (non-hydrogen) atoms. The number of nitrogens with zero attached hydrogens (tertiary/aromatic N) is 4. The van der Waals surface area contributed by atoms with Crippen molar-refractivity contribution >= 4 is 11.9 Å². The molecule has 1 aliphatic rings. The van der Waals surface area contributed by atoms with Crippen molar-refractivity contribution in [1.29, 1.82) is 0 Å². The second-order valence-electron chi connectivity index (χ2n) is 8.39. The van der Waals surface area contributed by atoms with Crippen LogP contribution in [0.5, 0.6) is 0 Å². The van der Waals surface area contributed by atoms with Crippen LogP contribution in [0.25, 0.3) is 11.3 Å². The largest absolute Gasteiger partial charge is 0.416 e. The number of piperazine rings is 1. The van der Waals surface area contributed by atoms with Crippen molar-refractivity contribution in [3.8, 4) is 11.3 Å². The molecule has 14 heteroatoms. The summed E-state index contributed by atoms with van der Waals surface area (Å²) in [6.07, 6.45) is -13.4. The van der Waals surface area contributed by atoms with Gasteiger partial charge in [-0.15, -0.1) is 0 Å². The number of aromatic nitrogens is 2. The van der Waals surface area contributed by atoms with Crippen LogP contribution in [-0.2, 0) is 18.5 Å². The summed E-state index contributed by atoms with van der Waals surface area (Å²) < 4.78 is 118. The molecule has 0 saturated carbocycles. The van der Waals surface area contributed by atoms with E-state index < -0.39 is 46.7 Å². The van der Waals surface area contributed by atoms with Crippen LogP contribution in [0, 0.1) is 0 Å². The number of carbonyl (C=O) groups is 1. The van der Waals surface area contributed by atoms with Crippen molar-refractivity contribution in [1.82, 2.24) is 14.9 Å². The highest BCUT2D eigenvalue weighted by molar-refractivity contribution is 5.95. The molecule has 1 amide bonds. The van der Waals surface area contributed by atoms with Crippen LogP contribution in [0.4, 0.5) is 45.5 Å². The molecule has 1 fully saturated rings. The topological polar surface area (TPSA) is 49.3 Å². The number of amides is 1. The summed E-state index contributed by atoms with van der Waals surface area (Å²) in [5.41, 5.74) is -4.37. The van der Waals surface area contributed by atoms with Crippen molar-refractivity contribution in [3.63, 3.8) is 0 Å². The molecule has 2 aromatic carbocycles. The standard InChI is InChI=1S/C24H17F9N4O/c25-22(26,27)16-3-1-2-14(10-16)19-4-5-34-21(35-19)37-8-6-36(7-9-37)20(38)15-11-17(23(28,29)30)13-18(12-15)24(31,32)33/h1-5,10-13H,6-9H2. The number of carbonyl (C=O) groups excluding carboxylic acids is 1. The molecule has 1 aliphatic heterocycles. The highest BCUT2D eigenvalue weighted by Gasteiger charge is 2.38. The van der Waals surface area contributed by atoms with Gasteiger partial charge in [-0.3, -0.25) is 4.79 Å². The van der Waals surface area contributed by atoms with Crippen LogP contribution in [0.15, 0.2) is 54.7 Å². The Balaban J connectivity index is 1.51. The summed E-state index contributed by atoms with van der Waals surface area (Å²) in [5, 5.41) is 0. The van der Waals surface area contributed by atoms with E-state index in [9.17, 15) is 44.3 Å². The first-order chi connectivity index (χ1) is 17.6. The van der Waals surface area contributed by atoms with Gasteiger partial charge in [0.25, 0.3) is 5.91 Å². The Morgan fingerprint density at radius 1 is 0.711 bits per heavy atom. The molecular weight excluding hydrogens is 531 g/mol. The highest BCUT2D eigenvalue weighted by atomic mass is 19.4. The van der Waals surface area contributed by atoms with Gasteiger partial charge in [0, 0.05) is 43.5 Å². The summed E-state index contributed by atoms with van der Waals surface area (Å²) in [6, 6.07) is 6.67. The zero-order chi connectivity index (χ0) is 27.9. The van der Waals surface area contributed by atoms with Crippen molar-refractivity contribution < 1.29 is 44.3 Å². The molecule has 202 valence electrons. The lowest BCUT2D eigenvalue weighted by molar-refractivity contribution is -0.143. The second-order valence-corrected chi connectivity index (χ2v) is 8.39. The quantitative estimate of drug-likeness (QED) is 0.368. The van der Waals surface area contributed by atoms with E-state index >= 15 is 0 Å². The van der Waals surface area contributed by atoms with Crippen molar-refractivity contribution in [2.45, 2.75) is 18.5 Å². The summed E-state index contributed by atoms with van der Waals surface area (Å²) in [6.45, 7) is 0.0485. The van der Waals surface area contributed by atoms with Gasteiger partial charge in [-0.05, 0) is 36.4 Å². The van der Waals surface area contributed by atoms with Crippen LogP contribution < -0.4 is 4.90 Å². The van der Waals surface area contributed by atoms with Crippen LogP contribution in [0.2, 0.25) is 0 Å². The summed E-state index contributed by atoms with van der Waals surface area (Å²) in [7, 11) is 0. The summed E-state index contributed by atoms with van der Waals surface area (Å²) >= 11 is 0. The van der Waals surface area contributed by atoms with E-state index in [0.29, 0.717) is 12.1 Å². The third-order valence-electron chi connectivity index (χ3n) is 5.81. The van der Waals surface area contributed by atoms with E-state index in [-0.39, 0.29) is 49.5 Å². The van der Waals surface area contributed by atoms with E-state index in [1.165, 1.54) is 24.4 Å². The molecular formula is C24H17F9N4O. The molecule has 0 N–H and O–H groups in total. The molecule has 0 spiro atoms. The van der Waals surface area contributed by atoms with Crippen molar-refractivity contribution in [3.05, 3.63) is 77.0 Å². The molecule has 3 aromatic rings. The Morgan fingerprint density at radius 3 is 1.84 bits per heavy atom. The Labute approximate surface area is 209 Å². The lowest BCUT2D eigenvalue weighted by Gasteiger charge is -2.35. The number of hydrogen-bond acceptors (Lipinski definition) is 4. The van der Waals surface area contributed by atoms with E-state index in [0.717, 1.165) is 17.0 Å². The number of halogens is 9. The molecule has 2 heterocycles. The minimum atomic E-state index is -5.09. The fourth-order valence-corrected chi connectivity index (χ4v) is 3.89. The minimum Gasteiger partial charge on any atom is -0.337 e. The van der Waals surface area contributed by atoms with Crippen molar-refractivity contribution in [2.75, 3.05) is 31.1 Å². The number of benzene rings is 2. The average molecular weight is 548 g/mol. The number of rotatable bonds is 3. The zero-order valence-corrected chi connectivity index (χ0v) is 19.1. The van der Waals surface area contributed by atoms with Gasteiger partial charge in [0.15, 0.2) is 0 Å². The fraction of sp³-hybridized carbons (Fsp3) is 0.292. The number of anilines is 1. The Hall–Kier alpha value is -3.84. The molecule has 1 aromatic heterocycles. The molecule has 0 atom stereocenters. The highest BCUT2D eigenvalue weighted by Crippen LogP contribution is 2.37. The minimum absolute atomic E-state index is 0.0521. The molecule has 0 bridgehead atoms. The molecule has 4 rings (SSSR count). The molecule has 0 unspecified atom stereocenters. The number of hydrogen-bond donors (Lipinski definition) is 0. The van der Waals surface area contributed by atoms with Gasteiger partial charge in [0.1, 0.15) is 0 Å². The first-order valence-electron chi connectivity index (χ1n) is 11.0. The fourth-order valence-electron chi connectivity index (χ4n) is 3.89. The maximum Gasteiger partial charge on any atom is 0.416 e. The van der Waals surface area contributed by atoms with E-state index in [4.69, 9.17) is 0 Å². The predicted molar refractivity (Wildman–Crippen MR) is 117 cm³/mol. The molecule has 1 saturated heterocycles. The predicted octanol–water partition coefficient (Wildman–Crippen LogP) is 6.16. The first kappa shape index (κ1) is 27.2. The third kappa shape index (κ3) is 6.00. The van der Waals surface area contributed by atoms with Gasteiger partial charge in [-0.2, -0.15) is 39.5 Å². The summed E-state index contributed by atoms with van der Waals surface area (Å²) in [5.74, 6) is -0.856. The molecule has 0 radical (unpaired) electrons. The number of alkyl halides is 9. The van der Waals surface area contributed by atoms with Gasteiger partial charge in [-0.25, -0.2) is 9.97 Å². The maximum atomic E-state index is 13.1. The van der Waals surface area contributed by atoms with Crippen LogP contribution in [0.1, 0.15) is 27.0 Å². The zero-order valence-electron chi connectivity index (χ0n) is 19.1. The monoisotopic (exact) mass is 548 g/mol. The Bertz CT molecular complexity index is 1300. The van der Waals surface area contributed by atoms with Crippen molar-refractivity contribution in [2.24, 2.45) is 0 Å². The lowest BCUT2D eigenvalue weighted by Crippen LogP contribution is -2.49. The Morgan fingerprint density at radius 2 is 1.29 bits per heavy atom. The third-order valence-corrected chi connectivity index (χ3v) is 5.81. The molecule has 5 nitrogen and oxygen atoms in total. The SMILES string of the molecule is O=C(c1cc(C(F)(F)F)cc(C(F)(F)F)c1)N1CCN(c2nccc(-c3cccc(C(F)(F)F)c3)n2)CC1. The smallest absolute Gasteiger partial charge is 0.337 e. The van der Waals surface area contributed by atoms with Gasteiger partial charge in [0.2, 0.25) is 5.95 Å². The average Bonchev–Trinajstić information content (AvgIpc) is 2.87. The first-order valence-corrected chi connectivity index (χ1v) is 11.0. The van der Waals surface area contributed by atoms with Crippen LogP contribution >= 0.6 is 0 Å².